The van der Waals surface area contributed by atoms with Crippen LogP contribution in [0.25, 0.3) is 0 Å². The molecular weight excluding hydrogens is 309 g/mol. The van der Waals surface area contributed by atoms with Gasteiger partial charge in [0.15, 0.2) is 0 Å². The summed E-state index contributed by atoms with van der Waals surface area (Å²) in [7, 11) is 0. The molecule has 0 aromatic heterocycles. The minimum absolute atomic E-state index is 0.0507. The largest absolute Gasteiger partial charge is 0.335 e. The molecule has 0 aliphatic heterocycles. The van der Waals surface area contributed by atoms with Gasteiger partial charge in [-0.05, 0) is 37.5 Å². The molecule has 4 heteroatoms. The third-order valence-electron chi connectivity index (χ3n) is 3.77. The Morgan fingerprint density at radius 1 is 1.42 bits per heavy atom. The van der Waals surface area contributed by atoms with E-state index in [0.29, 0.717) is 23.7 Å². The normalized spacial score (nSPS) is 15.7. The van der Waals surface area contributed by atoms with E-state index in [9.17, 15) is 9.18 Å². The molecule has 0 saturated heterocycles. The van der Waals surface area contributed by atoms with Gasteiger partial charge in [0.2, 0.25) is 0 Å². The number of halogens is 2. The summed E-state index contributed by atoms with van der Waals surface area (Å²) in [5.41, 5.74) is 1.03. The van der Waals surface area contributed by atoms with Crippen molar-refractivity contribution in [1.29, 1.82) is 0 Å². The van der Waals surface area contributed by atoms with Crippen molar-refractivity contribution in [2.45, 2.75) is 38.6 Å². The summed E-state index contributed by atoms with van der Waals surface area (Å²) < 4.78 is 13.6. The molecule has 1 aromatic rings. The van der Waals surface area contributed by atoms with E-state index >= 15 is 0 Å². The summed E-state index contributed by atoms with van der Waals surface area (Å²) in [5.74, 6) is -0.360. The Kier molecular flexibility index (Phi) is 4.97. The second-order valence-corrected chi connectivity index (χ2v) is 5.88. The molecule has 1 fully saturated rings. The molecule has 1 aromatic carbocycles. The molecule has 19 heavy (non-hydrogen) atoms. The minimum atomic E-state index is -0.309. The van der Waals surface area contributed by atoms with E-state index in [1.54, 1.807) is 19.1 Å². The maximum atomic E-state index is 13.6. The first kappa shape index (κ1) is 14.5. The van der Waals surface area contributed by atoms with Gasteiger partial charge in [0.25, 0.3) is 5.91 Å². The van der Waals surface area contributed by atoms with E-state index in [2.05, 4.69) is 15.9 Å². The highest BCUT2D eigenvalue weighted by Crippen LogP contribution is 2.25. The van der Waals surface area contributed by atoms with Crippen LogP contribution >= 0.6 is 15.9 Å². The zero-order valence-electron chi connectivity index (χ0n) is 11.2. The van der Waals surface area contributed by atoms with E-state index < -0.39 is 0 Å². The Hall–Kier alpha value is -0.900. The highest BCUT2D eigenvalue weighted by atomic mass is 79.9. The lowest BCUT2D eigenvalue weighted by atomic mass is 10.1. The molecule has 0 bridgehead atoms. The molecule has 0 unspecified atom stereocenters. The van der Waals surface area contributed by atoms with Crippen molar-refractivity contribution in [1.82, 2.24) is 4.90 Å². The fraction of sp³-hybridized carbons (Fsp3) is 0.533. The Labute approximate surface area is 122 Å². The van der Waals surface area contributed by atoms with Crippen LogP contribution in [-0.4, -0.2) is 28.7 Å². The standard InChI is InChI=1S/C15H19BrFNO/c1-11-6-7-12(10-14(11)17)15(19)18(9-8-16)13-4-2-3-5-13/h6-7,10,13H,2-5,8-9H2,1H3. The molecule has 1 saturated carbocycles. The maximum Gasteiger partial charge on any atom is 0.254 e. The summed E-state index contributed by atoms with van der Waals surface area (Å²) in [6.45, 7) is 2.38. The zero-order chi connectivity index (χ0) is 13.8. The lowest BCUT2D eigenvalue weighted by molar-refractivity contribution is 0.0696. The number of hydrogen-bond donors (Lipinski definition) is 0. The summed E-state index contributed by atoms with van der Waals surface area (Å²) in [6.07, 6.45) is 4.48. The topological polar surface area (TPSA) is 20.3 Å². The van der Waals surface area contributed by atoms with Gasteiger partial charge in [-0.1, -0.05) is 34.8 Å². The first-order valence-electron chi connectivity index (χ1n) is 6.76. The van der Waals surface area contributed by atoms with E-state index in [0.717, 1.165) is 18.2 Å². The van der Waals surface area contributed by atoms with Crippen LogP contribution < -0.4 is 0 Å². The van der Waals surface area contributed by atoms with Gasteiger partial charge in [-0.3, -0.25) is 4.79 Å². The van der Waals surface area contributed by atoms with Crippen LogP contribution in [-0.2, 0) is 0 Å². The molecule has 104 valence electrons. The number of hydrogen-bond acceptors (Lipinski definition) is 1. The van der Waals surface area contributed by atoms with Crippen molar-refractivity contribution in [3.8, 4) is 0 Å². The van der Waals surface area contributed by atoms with Crippen LogP contribution in [0.15, 0.2) is 18.2 Å². The Morgan fingerprint density at radius 2 is 2.11 bits per heavy atom. The molecule has 0 spiro atoms. The van der Waals surface area contributed by atoms with Crippen molar-refractivity contribution >= 4 is 21.8 Å². The van der Waals surface area contributed by atoms with E-state index in [-0.39, 0.29) is 11.7 Å². The van der Waals surface area contributed by atoms with Crippen LogP contribution in [0.4, 0.5) is 4.39 Å². The lowest BCUT2D eigenvalue weighted by Gasteiger charge is -2.28. The highest BCUT2D eigenvalue weighted by Gasteiger charge is 2.27. The molecule has 2 rings (SSSR count). The van der Waals surface area contributed by atoms with Crippen LogP contribution in [0.2, 0.25) is 0 Å². The minimum Gasteiger partial charge on any atom is -0.335 e. The van der Waals surface area contributed by atoms with Crippen molar-refractivity contribution in [3.05, 3.63) is 35.1 Å². The number of aryl methyl sites for hydroxylation is 1. The summed E-state index contributed by atoms with van der Waals surface area (Å²) in [4.78, 5) is 14.4. The zero-order valence-corrected chi connectivity index (χ0v) is 12.7. The molecule has 1 amide bonds. The molecule has 0 N–H and O–H groups in total. The monoisotopic (exact) mass is 327 g/mol. The predicted octanol–water partition coefficient (Wildman–Crippen LogP) is 3.91. The van der Waals surface area contributed by atoms with E-state index in [1.165, 1.54) is 18.9 Å². The second kappa shape index (κ2) is 6.51. The molecule has 1 aliphatic rings. The van der Waals surface area contributed by atoms with Gasteiger partial charge < -0.3 is 4.90 Å². The predicted molar refractivity (Wildman–Crippen MR) is 78.2 cm³/mol. The number of alkyl halides is 1. The van der Waals surface area contributed by atoms with Gasteiger partial charge in [-0.2, -0.15) is 0 Å². The Bertz CT molecular complexity index is 457. The van der Waals surface area contributed by atoms with Gasteiger partial charge in [0.1, 0.15) is 5.82 Å². The van der Waals surface area contributed by atoms with Gasteiger partial charge in [0.05, 0.1) is 0 Å². The van der Waals surface area contributed by atoms with Gasteiger partial charge in [-0.25, -0.2) is 4.39 Å². The molecule has 0 radical (unpaired) electrons. The quantitative estimate of drug-likeness (QED) is 0.768. The molecular formula is C15H19BrFNO. The maximum absolute atomic E-state index is 13.6. The third kappa shape index (κ3) is 3.35. The van der Waals surface area contributed by atoms with Crippen LogP contribution in [0.3, 0.4) is 0 Å². The third-order valence-corrected chi connectivity index (χ3v) is 4.13. The van der Waals surface area contributed by atoms with Crippen molar-refractivity contribution in [2.75, 3.05) is 11.9 Å². The number of benzene rings is 1. The van der Waals surface area contributed by atoms with Crippen LogP contribution in [0, 0.1) is 12.7 Å². The van der Waals surface area contributed by atoms with E-state index in [1.807, 2.05) is 4.90 Å². The lowest BCUT2D eigenvalue weighted by Crippen LogP contribution is -2.40. The number of nitrogens with zero attached hydrogens (tertiary/aromatic N) is 1. The fourth-order valence-electron chi connectivity index (χ4n) is 2.65. The summed E-state index contributed by atoms with van der Waals surface area (Å²) >= 11 is 3.40. The first-order valence-corrected chi connectivity index (χ1v) is 7.88. The fourth-order valence-corrected chi connectivity index (χ4v) is 3.03. The van der Waals surface area contributed by atoms with Crippen molar-refractivity contribution < 1.29 is 9.18 Å². The Balaban J connectivity index is 2.20. The average Bonchev–Trinajstić information content (AvgIpc) is 2.92. The van der Waals surface area contributed by atoms with Crippen LogP contribution in [0.5, 0.6) is 0 Å². The van der Waals surface area contributed by atoms with Crippen molar-refractivity contribution in [2.24, 2.45) is 0 Å². The smallest absolute Gasteiger partial charge is 0.254 e. The van der Waals surface area contributed by atoms with Crippen molar-refractivity contribution in [3.63, 3.8) is 0 Å². The van der Waals surface area contributed by atoms with E-state index in [4.69, 9.17) is 0 Å². The molecule has 2 nitrogen and oxygen atoms in total. The Morgan fingerprint density at radius 3 is 2.68 bits per heavy atom. The molecule has 1 aliphatic carbocycles. The van der Waals surface area contributed by atoms with Gasteiger partial charge in [-0.15, -0.1) is 0 Å². The average molecular weight is 328 g/mol. The number of carbonyl (C=O) groups is 1. The second-order valence-electron chi connectivity index (χ2n) is 5.09. The summed E-state index contributed by atoms with van der Waals surface area (Å²) in [5, 5.41) is 0.754. The number of carbonyl (C=O) groups excluding carboxylic acids is 1. The molecule has 0 atom stereocenters. The molecule has 0 heterocycles. The number of amides is 1. The van der Waals surface area contributed by atoms with Gasteiger partial charge in [0, 0.05) is 23.5 Å². The highest BCUT2D eigenvalue weighted by molar-refractivity contribution is 9.09. The van der Waals surface area contributed by atoms with Gasteiger partial charge >= 0.3 is 0 Å². The first-order chi connectivity index (χ1) is 9.13. The summed E-state index contributed by atoms with van der Waals surface area (Å²) in [6, 6.07) is 5.06. The number of rotatable bonds is 4. The van der Waals surface area contributed by atoms with Crippen LogP contribution in [0.1, 0.15) is 41.6 Å². The SMILES string of the molecule is Cc1ccc(C(=O)N(CCBr)C2CCCC2)cc1F.